The third-order valence-corrected chi connectivity index (χ3v) is 4.65. The van der Waals surface area contributed by atoms with Crippen molar-refractivity contribution in [2.45, 2.75) is 32.9 Å². The van der Waals surface area contributed by atoms with Gasteiger partial charge in [0.15, 0.2) is 5.82 Å². The summed E-state index contributed by atoms with van der Waals surface area (Å²) in [4.78, 5) is 9.61. The molecule has 1 aliphatic heterocycles. The molecule has 1 aromatic carbocycles. The van der Waals surface area contributed by atoms with Crippen LogP contribution in [-0.4, -0.2) is 37.8 Å². The maximum atomic E-state index is 4.82. The summed E-state index contributed by atoms with van der Waals surface area (Å²) in [6.07, 6.45) is 3.53. The van der Waals surface area contributed by atoms with Gasteiger partial charge in [-0.1, -0.05) is 30.3 Å². The quantitative estimate of drug-likeness (QED) is 0.709. The van der Waals surface area contributed by atoms with E-state index >= 15 is 0 Å². The molecule has 2 aromatic heterocycles. The Balaban J connectivity index is 1.58. The molecule has 4 rings (SSSR count). The first-order valence-electron chi connectivity index (χ1n) is 9.11. The van der Waals surface area contributed by atoms with E-state index in [1.165, 1.54) is 5.56 Å². The van der Waals surface area contributed by atoms with Gasteiger partial charge < -0.3 is 15.2 Å². The van der Waals surface area contributed by atoms with Crippen molar-refractivity contribution in [1.29, 1.82) is 0 Å². The Bertz CT molecular complexity index is 873. The van der Waals surface area contributed by atoms with Crippen molar-refractivity contribution in [3.05, 3.63) is 53.7 Å². The van der Waals surface area contributed by atoms with Crippen molar-refractivity contribution in [2.24, 2.45) is 0 Å². The summed E-state index contributed by atoms with van der Waals surface area (Å²) in [5.41, 5.74) is 3.35. The number of fused-ring (bicyclic) bond motifs is 1. The molecule has 0 unspecified atom stereocenters. The molecule has 1 aliphatic rings. The SMILES string of the molecule is CCn1cnnc1CCNc1nc(-c2ccccc2)nc2c1CCNC2. The summed E-state index contributed by atoms with van der Waals surface area (Å²) in [5.74, 6) is 2.71. The Morgan fingerprint density at radius 1 is 1.19 bits per heavy atom. The predicted molar refractivity (Wildman–Crippen MR) is 101 cm³/mol. The summed E-state index contributed by atoms with van der Waals surface area (Å²) < 4.78 is 2.07. The van der Waals surface area contributed by atoms with E-state index in [1.807, 2.05) is 30.3 Å². The van der Waals surface area contributed by atoms with Crippen molar-refractivity contribution in [3.63, 3.8) is 0 Å². The zero-order chi connectivity index (χ0) is 17.8. The average molecular weight is 349 g/mol. The van der Waals surface area contributed by atoms with Crippen LogP contribution in [0.15, 0.2) is 36.7 Å². The third-order valence-electron chi connectivity index (χ3n) is 4.65. The largest absolute Gasteiger partial charge is 0.369 e. The summed E-state index contributed by atoms with van der Waals surface area (Å²) in [7, 11) is 0. The first kappa shape index (κ1) is 16.7. The number of benzene rings is 1. The lowest BCUT2D eigenvalue weighted by atomic mass is 10.1. The summed E-state index contributed by atoms with van der Waals surface area (Å²) in [6.45, 7) is 5.50. The molecule has 0 saturated heterocycles. The fraction of sp³-hybridized carbons (Fsp3) is 0.368. The molecule has 0 aliphatic carbocycles. The lowest BCUT2D eigenvalue weighted by molar-refractivity contribution is 0.624. The molecule has 3 aromatic rings. The molecule has 2 N–H and O–H groups in total. The van der Waals surface area contributed by atoms with Gasteiger partial charge in [-0.3, -0.25) is 0 Å². The maximum absolute atomic E-state index is 4.82. The van der Waals surface area contributed by atoms with Gasteiger partial charge in [0.1, 0.15) is 18.0 Å². The molecular weight excluding hydrogens is 326 g/mol. The highest BCUT2D eigenvalue weighted by Gasteiger charge is 2.18. The monoisotopic (exact) mass is 349 g/mol. The molecule has 7 nitrogen and oxygen atoms in total. The van der Waals surface area contributed by atoms with Crippen LogP contribution in [0.5, 0.6) is 0 Å². The molecule has 0 amide bonds. The maximum Gasteiger partial charge on any atom is 0.161 e. The number of nitrogens with one attached hydrogen (secondary N) is 2. The zero-order valence-corrected chi connectivity index (χ0v) is 14.9. The number of anilines is 1. The Morgan fingerprint density at radius 2 is 2.08 bits per heavy atom. The molecule has 0 bridgehead atoms. The topological polar surface area (TPSA) is 80.6 Å². The van der Waals surface area contributed by atoms with Crippen LogP contribution in [0.1, 0.15) is 24.0 Å². The van der Waals surface area contributed by atoms with Crippen molar-refractivity contribution >= 4 is 5.82 Å². The van der Waals surface area contributed by atoms with Crippen molar-refractivity contribution in [1.82, 2.24) is 30.0 Å². The Morgan fingerprint density at radius 3 is 2.92 bits per heavy atom. The molecule has 26 heavy (non-hydrogen) atoms. The van der Waals surface area contributed by atoms with Crippen LogP contribution in [0.2, 0.25) is 0 Å². The fourth-order valence-electron chi connectivity index (χ4n) is 3.25. The number of nitrogens with zero attached hydrogens (tertiary/aromatic N) is 5. The van der Waals surface area contributed by atoms with E-state index in [4.69, 9.17) is 9.97 Å². The van der Waals surface area contributed by atoms with Gasteiger partial charge in [-0.2, -0.15) is 0 Å². The Labute approximate surface area is 152 Å². The van der Waals surface area contributed by atoms with Gasteiger partial charge >= 0.3 is 0 Å². The van der Waals surface area contributed by atoms with Crippen molar-refractivity contribution in [2.75, 3.05) is 18.4 Å². The van der Waals surface area contributed by atoms with E-state index in [2.05, 4.69) is 32.3 Å². The second-order valence-corrected chi connectivity index (χ2v) is 6.32. The molecule has 0 fully saturated rings. The molecule has 3 heterocycles. The molecular formula is C19H23N7. The molecule has 0 atom stereocenters. The van der Waals surface area contributed by atoms with Crippen LogP contribution in [0, 0.1) is 0 Å². The van der Waals surface area contributed by atoms with Gasteiger partial charge in [-0.25, -0.2) is 9.97 Å². The Hall–Kier alpha value is -2.80. The smallest absolute Gasteiger partial charge is 0.161 e. The first-order chi connectivity index (χ1) is 12.8. The molecule has 0 spiro atoms. The van der Waals surface area contributed by atoms with Crippen LogP contribution in [0.25, 0.3) is 11.4 Å². The van der Waals surface area contributed by atoms with E-state index < -0.39 is 0 Å². The van der Waals surface area contributed by atoms with Crippen LogP contribution < -0.4 is 10.6 Å². The van der Waals surface area contributed by atoms with Gasteiger partial charge in [0.2, 0.25) is 0 Å². The highest BCUT2D eigenvalue weighted by atomic mass is 15.3. The number of hydrogen-bond acceptors (Lipinski definition) is 6. The van der Waals surface area contributed by atoms with Gasteiger partial charge in [0.05, 0.1) is 5.69 Å². The van der Waals surface area contributed by atoms with Crippen LogP contribution in [0.4, 0.5) is 5.82 Å². The highest BCUT2D eigenvalue weighted by molar-refractivity contribution is 5.60. The van der Waals surface area contributed by atoms with Crippen LogP contribution >= 0.6 is 0 Å². The lowest BCUT2D eigenvalue weighted by Crippen LogP contribution is -2.27. The third kappa shape index (κ3) is 3.43. The molecule has 0 radical (unpaired) electrons. The van der Waals surface area contributed by atoms with E-state index in [1.54, 1.807) is 6.33 Å². The minimum absolute atomic E-state index is 0.768. The van der Waals surface area contributed by atoms with Crippen LogP contribution in [0.3, 0.4) is 0 Å². The second-order valence-electron chi connectivity index (χ2n) is 6.32. The average Bonchev–Trinajstić information content (AvgIpc) is 3.16. The van der Waals surface area contributed by atoms with Gasteiger partial charge in [-0.15, -0.1) is 10.2 Å². The zero-order valence-electron chi connectivity index (χ0n) is 14.9. The van der Waals surface area contributed by atoms with E-state index in [0.29, 0.717) is 0 Å². The minimum atomic E-state index is 0.768. The predicted octanol–water partition coefficient (Wildman–Crippen LogP) is 2.06. The van der Waals surface area contributed by atoms with E-state index in [9.17, 15) is 0 Å². The highest BCUT2D eigenvalue weighted by Crippen LogP contribution is 2.24. The van der Waals surface area contributed by atoms with Crippen LogP contribution in [-0.2, 0) is 25.9 Å². The fourth-order valence-corrected chi connectivity index (χ4v) is 3.25. The van der Waals surface area contributed by atoms with Crippen molar-refractivity contribution in [3.8, 4) is 11.4 Å². The summed E-state index contributed by atoms with van der Waals surface area (Å²) >= 11 is 0. The van der Waals surface area contributed by atoms with Gasteiger partial charge in [0.25, 0.3) is 0 Å². The summed E-state index contributed by atoms with van der Waals surface area (Å²) in [6, 6.07) is 10.1. The van der Waals surface area contributed by atoms with Gasteiger partial charge in [-0.05, 0) is 19.9 Å². The van der Waals surface area contributed by atoms with Crippen molar-refractivity contribution < 1.29 is 0 Å². The Kier molecular flexibility index (Phi) is 4.88. The molecule has 134 valence electrons. The minimum Gasteiger partial charge on any atom is -0.369 e. The number of aromatic nitrogens is 5. The first-order valence-corrected chi connectivity index (χ1v) is 9.11. The van der Waals surface area contributed by atoms with E-state index in [0.717, 1.165) is 67.7 Å². The van der Waals surface area contributed by atoms with E-state index in [-0.39, 0.29) is 0 Å². The number of hydrogen-bond donors (Lipinski definition) is 2. The van der Waals surface area contributed by atoms with Gasteiger partial charge in [0, 0.05) is 37.2 Å². The standard InChI is InChI=1S/C19H23N7/c1-2-26-13-22-25-17(26)9-11-21-19-15-8-10-20-12-16(15)23-18(24-19)14-6-4-3-5-7-14/h3-7,13,20H,2,8-12H2,1H3,(H,21,23,24). The number of rotatable bonds is 6. The second kappa shape index (κ2) is 7.61. The molecule has 0 saturated carbocycles. The number of aryl methyl sites for hydroxylation is 1. The summed E-state index contributed by atoms with van der Waals surface area (Å²) in [5, 5.41) is 15.1. The lowest BCUT2D eigenvalue weighted by Gasteiger charge is -2.20. The normalized spacial score (nSPS) is 13.4. The molecule has 7 heteroatoms.